The molecular formula is C12H15BrN2O2. The first-order valence-corrected chi connectivity index (χ1v) is 6.44. The molecule has 1 aromatic heterocycles. The van der Waals surface area contributed by atoms with Crippen molar-refractivity contribution in [3.8, 4) is 0 Å². The van der Waals surface area contributed by atoms with Gasteiger partial charge in [-0.15, -0.1) is 0 Å². The Kier molecular flexibility index (Phi) is 3.79. The summed E-state index contributed by atoms with van der Waals surface area (Å²) in [6.45, 7) is 3.16. The van der Waals surface area contributed by atoms with Gasteiger partial charge in [0.15, 0.2) is 0 Å². The molecule has 0 aliphatic carbocycles. The first-order valence-electron chi connectivity index (χ1n) is 5.64. The van der Waals surface area contributed by atoms with Crippen LogP contribution in [0.5, 0.6) is 0 Å². The number of aliphatic hydroxyl groups excluding tert-OH is 1. The van der Waals surface area contributed by atoms with E-state index in [4.69, 9.17) is 0 Å². The number of amides is 1. The Morgan fingerprint density at radius 2 is 2.35 bits per heavy atom. The number of hydrogen-bond donors (Lipinski definition) is 1. The summed E-state index contributed by atoms with van der Waals surface area (Å²) in [5, 5.41) is 9.70. The maximum atomic E-state index is 12.3. The topological polar surface area (TPSA) is 53.4 Å². The number of likely N-dealkylation sites (tertiary alicyclic amines) is 1. The Hall–Kier alpha value is -0.940. The van der Waals surface area contributed by atoms with Crippen molar-refractivity contribution in [1.82, 2.24) is 9.88 Å². The van der Waals surface area contributed by atoms with Gasteiger partial charge in [0.05, 0.1) is 11.7 Å². The number of hydrogen-bond acceptors (Lipinski definition) is 3. The highest BCUT2D eigenvalue weighted by Gasteiger charge is 2.27. The number of pyridine rings is 1. The molecule has 0 radical (unpaired) electrons. The van der Waals surface area contributed by atoms with Crippen LogP contribution in [-0.4, -0.2) is 40.1 Å². The average molecular weight is 299 g/mol. The normalized spacial score (nSPS) is 24.8. The van der Waals surface area contributed by atoms with E-state index in [0.717, 1.165) is 6.42 Å². The number of halogens is 1. The van der Waals surface area contributed by atoms with Crippen molar-refractivity contribution < 1.29 is 9.90 Å². The maximum Gasteiger partial charge on any atom is 0.255 e. The molecule has 0 aromatic carbocycles. The molecule has 92 valence electrons. The van der Waals surface area contributed by atoms with Gasteiger partial charge in [-0.1, -0.05) is 6.92 Å². The summed E-state index contributed by atoms with van der Waals surface area (Å²) in [6, 6.07) is 1.69. The van der Waals surface area contributed by atoms with E-state index in [1.807, 2.05) is 6.92 Å². The van der Waals surface area contributed by atoms with Gasteiger partial charge in [0.1, 0.15) is 0 Å². The van der Waals surface area contributed by atoms with Gasteiger partial charge in [-0.05, 0) is 34.3 Å². The van der Waals surface area contributed by atoms with Gasteiger partial charge in [0.25, 0.3) is 5.91 Å². The van der Waals surface area contributed by atoms with E-state index >= 15 is 0 Å². The number of aromatic nitrogens is 1. The van der Waals surface area contributed by atoms with Crippen molar-refractivity contribution in [2.45, 2.75) is 19.4 Å². The van der Waals surface area contributed by atoms with E-state index in [-0.39, 0.29) is 5.91 Å². The van der Waals surface area contributed by atoms with E-state index in [1.54, 1.807) is 23.4 Å². The van der Waals surface area contributed by atoms with Gasteiger partial charge in [-0.2, -0.15) is 0 Å². The number of nitrogens with zero attached hydrogens (tertiary/aromatic N) is 2. The summed E-state index contributed by atoms with van der Waals surface area (Å²) in [5.41, 5.74) is 0.598. The second-order valence-electron chi connectivity index (χ2n) is 4.56. The summed E-state index contributed by atoms with van der Waals surface area (Å²) in [4.78, 5) is 17.9. The Balaban J connectivity index is 2.17. The summed E-state index contributed by atoms with van der Waals surface area (Å²) < 4.78 is 0.692. The van der Waals surface area contributed by atoms with Crippen molar-refractivity contribution in [2.24, 2.45) is 5.92 Å². The lowest BCUT2D eigenvalue weighted by Crippen LogP contribution is -2.45. The first kappa shape index (κ1) is 12.5. The van der Waals surface area contributed by atoms with Crippen LogP contribution in [-0.2, 0) is 0 Å². The molecule has 1 saturated heterocycles. The molecule has 2 rings (SSSR count). The molecule has 4 nitrogen and oxygen atoms in total. The van der Waals surface area contributed by atoms with E-state index in [1.165, 1.54) is 0 Å². The molecular weight excluding hydrogens is 284 g/mol. The standard InChI is InChI=1S/C12H15BrN2O2/c1-8-4-9(16)7-15(6-8)12(17)10-2-3-14-5-11(10)13/h2-3,5,8-9,16H,4,6-7H2,1H3/t8-,9+/m1/s1. The zero-order valence-electron chi connectivity index (χ0n) is 9.64. The highest BCUT2D eigenvalue weighted by atomic mass is 79.9. The summed E-state index contributed by atoms with van der Waals surface area (Å²) in [7, 11) is 0. The van der Waals surface area contributed by atoms with E-state index in [0.29, 0.717) is 29.0 Å². The summed E-state index contributed by atoms with van der Waals surface area (Å²) in [6.07, 6.45) is 3.56. The molecule has 1 aromatic rings. The number of rotatable bonds is 1. The van der Waals surface area contributed by atoms with Crippen LogP contribution < -0.4 is 0 Å². The van der Waals surface area contributed by atoms with Crippen LogP contribution in [0.2, 0.25) is 0 Å². The minimum Gasteiger partial charge on any atom is -0.391 e. The first-order chi connectivity index (χ1) is 8.08. The number of carbonyl (C=O) groups is 1. The largest absolute Gasteiger partial charge is 0.391 e. The van der Waals surface area contributed by atoms with Gasteiger partial charge >= 0.3 is 0 Å². The molecule has 1 aliphatic heterocycles. The van der Waals surface area contributed by atoms with Crippen LogP contribution in [0.4, 0.5) is 0 Å². The summed E-state index contributed by atoms with van der Waals surface area (Å²) >= 11 is 3.32. The van der Waals surface area contributed by atoms with Crippen LogP contribution in [0, 0.1) is 5.92 Å². The number of aliphatic hydroxyl groups is 1. The fourth-order valence-electron chi connectivity index (χ4n) is 2.20. The molecule has 0 saturated carbocycles. The lowest BCUT2D eigenvalue weighted by molar-refractivity contribution is 0.0338. The van der Waals surface area contributed by atoms with Crippen LogP contribution in [0.1, 0.15) is 23.7 Å². The van der Waals surface area contributed by atoms with Crippen LogP contribution in [0.25, 0.3) is 0 Å². The zero-order chi connectivity index (χ0) is 12.4. The van der Waals surface area contributed by atoms with Crippen molar-refractivity contribution >= 4 is 21.8 Å². The second kappa shape index (κ2) is 5.14. The zero-order valence-corrected chi connectivity index (χ0v) is 11.2. The molecule has 2 heterocycles. The molecule has 0 unspecified atom stereocenters. The lowest BCUT2D eigenvalue weighted by atomic mass is 9.97. The number of piperidine rings is 1. The number of carbonyl (C=O) groups excluding carboxylic acids is 1. The van der Waals surface area contributed by atoms with Crippen molar-refractivity contribution in [1.29, 1.82) is 0 Å². The van der Waals surface area contributed by atoms with Crippen molar-refractivity contribution in [2.75, 3.05) is 13.1 Å². The Bertz CT molecular complexity index is 415. The third kappa shape index (κ3) is 2.84. The minimum absolute atomic E-state index is 0.0510. The van der Waals surface area contributed by atoms with Gasteiger partial charge in [0.2, 0.25) is 0 Å². The van der Waals surface area contributed by atoms with E-state index < -0.39 is 6.10 Å². The predicted molar refractivity (Wildman–Crippen MR) is 67.6 cm³/mol. The third-order valence-electron chi connectivity index (χ3n) is 2.93. The van der Waals surface area contributed by atoms with Crippen molar-refractivity contribution in [3.05, 3.63) is 28.5 Å². The molecule has 1 amide bonds. The third-order valence-corrected chi connectivity index (χ3v) is 3.56. The fourth-order valence-corrected chi connectivity index (χ4v) is 2.62. The average Bonchev–Trinajstić information content (AvgIpc) is 2.27. The Morgan fingerprint density at radius 1 is 1.59 bits per heavy atom. The second-order valence-corrected chi connectivity index (χ2v) is 5.41. The molecule has 5 heteroatoms. The molecule has 1 aliphatic rings. The molecule has 2 atom stereocenters. The minimum atomic E-state index is -0.414. The van der Waals surface area contributed by atoms with Gasteiger partial charge in [0, 0.05) is 30.0 Å². The smallest absolute Gasteiger partial charge is 0.255 e. The van der Waals surface area contributed by atoms with Gasteiger partial charge in [-0.3, -0.25) is 9.78 Å². The van der Waals surface area contributed by atoms with Crippen LogP contribution in [0.15, 0.2) is 22.9 Å². The lowest BCUT2D eigenvalue weighted by Gasteiger charge is -2.34. The van der Waals surface area contributed by atoms with Crippen LogP contribution in [0.3, 0.4) is 0 Å². The van der Waals surface area contributed by atoms with Crippen molar-refractivity contribution in [3.63, 3.8) is 0 Å². The Labute approximate surface area is 109 Å². The molecule has 0 bridgehead atoms. The highest BCUT2D eigenvalue weighted by molar-refractivity contribution is 9.10. The Morgan fingerprint density at radius 3 is 3.00 bits per heavy atom. The summed E-state index contributed by atoms with van der Waals surface area (Å²) in [5.74, 6) is 0.285. The van der Waals surface area contributed by atoms with Crippen LogP contribution >= 0.6 is 15.9 Å². The molecule has 1 fully saturated rings. The van der Waals surface area contributed by atoms with Gasteiger partial charge in [-0.25, -0.2) is 0 Å². The molecule has 1 N–H and O–H groups in total. The monoisotopic (exact) mass is 298 g/mol. The quantitative estimate of drug-likeness (QED) is 0.858. The highest BCUT2D eigenvalue weighted by Crippen LogP contribution is 2.21. The SMILES string of the molecule is C[C@@H]1C[C@H](O)CN(C(=O)c2ccncc2Br)C1. The fraction of sp³-hybridized carbons (Fsp3) is 0.500. The van der Waals surface area contributed by atoms with Gasteiger partial charge < -0.3 is 10.0 Å². The van der Waals surface area contributed by atoms with E-state index in [9.17, 15) is 9.90 Å². The van der Waals surface area contributed by atoms with E-state index in [2.05, 4.69) is 20.9 Å². The predicted octanol–water partition coefficient (Wildman–Crippen LogP) is 1.69. The number of β-amino-alcohol motifs (C(OH)–C–C–N with tert-alkyl or cyclic N) is 1. The molecule has 17 heavy (non-hydrogen) atoms. The maximum absolute atomic E-state index is 12.3. The molecule has 0 spiro atoms.